The molecule has 0 N–H and O–H groups in total. The largest absolute Gasteiger partial charge is 0.455 e. The molecule has 0 aliphatic carbocycles. The molecule has 0 aliphatic heterocycles. The van der Waals surface area contributed by atoms with Gasteiger partial charge < -0.3 is 9.53 Å². The van der Waals surface area contributed by atoms with Crippen LogP contribution in [0, 0.1) is 5.82 Å². The van der Waals surface area contributed by atoms with Crippen LogP contribution in [0.5, 0.6) is 11.5 Å². The molecule has 0 bridgehead atoms. The minimum Gasteiger partial charge on any atom is -0.455 e. The molecule has 2 aromatic heterocycles. The first kappa shape index (κ1) is 14.4. The van der Waals surface area contributed by atoms with E-state index in [1.54, 1.807) is 36.8 Å². The lowest BCUT2D eigenvalue weighted by molar-refractivity contribution is 0.108. The third-order valence-electron chi connectivity index (χ3n) is 2.90. The number of rotatable bonds is 4. The highest BCUT2D eigenvalue weighted by molar-refractivity contribution is 7.18. The van der Waals surface area contributed by atoms with Crippen LogP contribution in [0.25, 0.3) is 10.4 Å². The molecule has 0 unspecified atom stereocenters. The number of carbonyl (C=O) groups excluding carboxylic acids is 1. The molecule has 0 fully saturated rings. The minimum atomic E-state index is -0.327. The van der Waals surface area contributed by atoms with Gasteiger partial charge in [0.2, 0.25) is 0 Å². The molecule has 1 aromatic carbocycles. The summed E-state index contributed by atoms with van der Waals surface area (Å²) in [5.41, 5.74) is 0.704. The Kier molecular flexibility index (Phi) is 3.97. The van der Waals surface area contributed by atoms with E-state index >= 15 is 0 Å². The minimum absolute atomic E-state index is 0.0775. The van der Waals surface area contributed by atoms with Crippen LogP contribution >= 0.6 is 11.3 Å². The van der Waals surface area contributed by atoms with E-state index in [1.807, 2.05) is 0 Å². The van der Waals surface area contributed by atoms with Crippen molar-refractivity contribution in [2.24, 2.45) is 0 Å². The fraction of sp³-hybridized carbons (Fsp3) is 0. The molecule has 0 saturated heterocycles. The number of halogens is 1. The quantitative estimate of drug-likeness (QED) is 0.695. The molecule has 2 heterocycles. The Morgan fingerprint density at radius 2 is 1.95 bits per heavy atom. The van der Waals surface area contributed by atoms with Crippen molar-refractivity contribution in [3.8, 4) is 21.9 Å². The SMILES string of the molecule is BC(=O)c1ncc(-c2ccncc2Oc2ccc(F)cc2)s1. The van der Waals surface area contributed by atoms with Crippen molar-refractivity contribution >= 4 is 24.9 Å². The van der Waals surface area contributed by atoms with Gasteiger partial charge in [0.1, 0.15) is 22.3 Å². The Balaban J connectivity index is 1.95. The first-order chi connectivity index (χ1) is 10.6. The lowest BCUT2D eigenvalue weighted by Crippen LogP contribution is -1.94. The van der Waals surface area contributed by atoms with E-state index in [0.29, 0.717) is 16.5 Å². The molecule has 7 heteroatoms. The second-order valence-electron chi connectivity index (χ2n) is 4.51. The average molecular weight is 312 g/mol. The van der Waals surface area contributed by atoms with Gasteiger partial charge in [0.15, 0.2) is 13.6 Å². The number of pyridine rings is 1. The van der Waals surface area contributed by atoms with E-state index in [4.69, 9.17) is 4.74 Å². The number of aromatic nitrogens is 2. The van der Waals surface area contributed by atoms with E-state index in [-0.39, 0.29) is 11.5 Å². The Morgan fingerprint density at radius 3 is 2.64 bits per heavy atom. The smallest absolute Gasteiger partial charge is 0.197 e. The van der Waals surface area contributed by atoms with Crippen LogP contribution in [0.3, 0.4) is 0 Å². The second-order valence-corrected chi connectivity index (χ2v) is 5.54. The van der Waals surface area contributed by atoms with E-state index in [0.717, 1.165) is 10.4 Å². The van der Waals surface area contributed by atoms with Crippen LogP contribution in [0.2, 0.25) is 0 Å². The van der Waals surface area contributed by atoms with Crippen molar-refractivity contribution < 1.29 is 13.9 Å². The van der Waals surface area contributed by atoms with Crippen molar-refractivity contribution in [2.45, 2.75) is 0 Å². The molecule has 0 spiro atoms. The van der Waals surface area contributed by atoms with E-state index in [9.17, 15) is 9.18 Å². The monoisotopic (exact) mass is 312 g/mol. The maximum Gasteiger partial charge on any atom is 0.197 e. The first-order valence-electron chi connectivity index (χ1n) is 6.48. The van der Waals surface area contributed by atoms with Crippen molar-refractivity contribution in [1.29, 1.82) is 0 Å². The van der Waals surface area contributed by atoms with Gasteiger partial charge in [0, 0.05) is 18.0 Å². The van der Waals surface area contributed by atoms with Crippen molar-refractivity contribution in [1.82, 2.24) is 9.97 Å². The van der Waals surface area contributed by atoms with E-state index < -0.39 is 0 Å². The molecular formula is C15H10BFN2O2S. The molecule has 3 rings (SSSR count). The zero-order valence-corrected chi connectivity index (χ0v) is 12.4. The lowest BCUT2D eigenvalue weighted by atomic mass is 10.0. The summed E-state index contributed by atoms with van der Waals surface area (Å²) in [6.07, 6.45) is 4.85. The van der Waals surface area contributed by atoms with Gasteiger partial charge in [-0.05, 0) is 30.3 Å². The summed E-state index contributed by atoms with van der Waals surface area (Å²) in [6, 6.07) is 7.52. The summed E-state index contributed by atoms with van der Waals surface area (Å²) in [7, 11) is 1.48. The van der Waals surface area contributed by atoms with Gasteiger partial charge in [-0.15, -0.1) is 11.3 Å². The van der Waals surface area contributed by atoms with Crippen LogP contribution in [-0.4, -0.2) is 23.5 Å². The molecule has 4 nitrogen and oxygen atoms in total. The van der Waals surface area contributed by atoms with Crippen LogP contribution in [0.15, 0.2) is 48.9 Å². The molecule has 3 aromatic rings. The number of benzene rings is 1. The zero-order chi connectivity index (χ0) is 15.5. The summed E-state index contributed by atoms with van der Waals surface area (Å²) < 4.78 is 18.7. The predicted molar refractivity (Wildman–Crippen MR) is 84.7 cm³/mol. The predicted octanol–water partition coefficient (Wildman–Crippen LogP) is 2.91. The molecule has 108 valence electrons. The molecule has 0 aliphatic rings. The Labute approximate surface area is 131 Å². The van der Waals surface area contributed by atoms with Gasteiger partial charge >= 0.3 is 0 Å². The third-order valence-corrected chi connectivity index (χ3v) is 4.03. The molecule has 22 heavy (non-hydrogen) atoms. The maximum absolute atomic E-state index is 12.9. The number of hydrogen-bond acceptors (Lipinski definition) is 5. The Morgan fingerprint density at radius 1 is 1.18 bits per heavy atom. The average Bonchev–Trinajstić information content (AvgIpc) is 3.00. The molecule has 0 radical (unpaired) electrons. The van der Waals surface area contributed by atoms with Gasteiger partial charge in [-0.1, -0.05) is 0 Å². The number of nitrogens with zero attached hydrogens (tertiary/aromatic N) is 2. The third kappa shape index (κ3) is 3.04. The normalized spacial score (nSPS) is 10.4. The van der Waals surface area contributed by atoms with Crippen molar-refractivity contribution in [2.75, 3.05) is 0 Å². The fourth-order valence-corrected chi connectivity index (χ4v) is 2.70. The highest BCUT2D eigenvalue weighted by atomic mass is 32.1. The number of hydrogen-bond donors (Lipinski definition) is 0. The van der Waals surface area contributed by atoms with Gasteiger partial charge in [0.25, 0.3) is 0 Å². The standard InChI is InChI=1S/C15H10BFN2O2S/c16-14(20)15-19-8-13(22-15)11-5-6-18-7-12(11)21-10-3-1-9(17)2-4-10/h1-8H,16H2. The molecule has 0 atom stereocenters. The fourth-order valence-electron chi connectivity index (χ4n) is 1.86. The second kappa shape index (κ2) is 6.07. The summed E-state index contributed by atoms with van der Waals surface area (Å²) in [4.78, 5) is 20.3. The lowest BCUT2D eigenvalue weighted by Gasteiger charge is -2.09. The number of thiazole rings is 1. The van der Waals surface area contributed by atoms with Gasteiger partial charge in [0.05, 0.1) is 11.1 Å². The van der Waals surface area contributed by atoms with Crippen LogP contribution in [0.4, 0.5) is 4.39 Å². The van der Waals surface area contributed by atoms with Crippen molar-refractivity contribution in [3.63, 3.8) is 0 Å². The topological polar surface area (TPSA) is 52.1 Å². The molecule has 0 saturated carbocycles. The summed E-state index contributed by atoms with van der Waals surface area (Å²) >= 11 is 1.29. The Bertz CT molecular complexity index is 820. The Hall–Kier alpha value is -2.54. The van der Waals surface area contributed by atoms with E-state index in [2.05, 4.69) is 9.97 Å². The van der Waals surface area contributed by atoms with Crippen LogP contribution in [-0.2, 0) is 0 Å². The molecule has 0 amide bonds. The van der Waals surface area contributed by atoms with Gasteiger partial charge in [-0.3, -0.25) is 4.98 Å². The number of ether oxygens (including phenoxy) is 1. The van der Waals surface area contributed by atoms with Gasteiger partial charge in [-0.25, -0.2) is 9.37 Å². The molecular weight excluding hydrogens is 302 g/mol. The van der Waals surface area contributed by atoms with Gasteiger partial charge in [-0.2, -0.15) is 0 Å². The van der Waals surface area contributed by atoms with Crippen molar-refractivity contribution in [3.05, 3.63) is 59.7 Å². The van der Waals surface area contributed by atoms with Crippen LogP contribution in [0.1, 0.15) is 9.80 Å². The van der Waals surface area contributed by atoms with E-state index in [1.165, 1.54) is 31.3 Å². The first-order valence-corrected chi connectivity index (χ1v) is 7.30. The number of carbonyl (C=O) groups is 1. The summed E-state index contributed by atoms with van der Waals surface area (Å²) in [6.45, 7) is 0. The summed E-state index contributed by atoms with van der Waals surface area (Å²) in [5, 5.41) is 0.444. The maximum atomic E-state index is 12.9. The highest BCUT2D eigenvalue weighted by Crippen LogP contribution is 2.35. The summed E-state index contributed by atoms with van der Waals surface area (Å²) in [5.74, 6) is 0.701. The highest BCUT2D eigenvalue weighted by Gasteiger charge is 2.13. The zero-order valence-electron chi connectivity index (χ0n) is 11.6. The van der Waals surface area contributed by atoms with Crippen LogP contribution < -0.4 is 4.74 Å².